The molecule has 12 heavy (non-hydrogen) atoms. The maximum atomic E-state index is 9.20. The van der Waals surface area contributed by atoms with Gasteiger partial charge < -0.3 is 15.9 Å². The molecule has 0 amide bonds. The molecule has 3 nitrogen and oxygen atoms in total. The zero-order valence-corrected chi connectivity index (χ0v) is 8.71. The molecule has 0 aliphatic carbocycles. The summed E-state index contributed by atoms with van der Waals surface area (Å²) in [6, 6.07) is -0.0406. The topological polar surface area (TPSA) is 66.5 Å². The molecule has 0 aliphatic rings. The lowest BCUT2D eigenvalue weighted by Gasteiger charge is -2.23. The highest BCUT2D eigenvalue weighted by Crippen LogP contribution is 2.21. The van der Waals surface area contributed by atoms with Crippen LogP contribution >= 0.6 is 11.8 Å². The maximum Gasteiger partial charge on any atom is 0.0628 e. The molecule has 0 spiro atoms. The van der Waals surface area contributed by atoms with Crippen molar-refractivity contribution in [2.45, 2.75) is 43.4 Å². The van der Waals surface area contributed by atoms with Crippen molar-refractivity contribution in [3.63, 3.8) is 0 Å². The third-order valence-corrected chi connectivity index (χ3v) is 3.59. The summed E-state index contributed by atoms with van der Waals surface area (Å²) in [5, 5.41) is 18.3. The smallest absolute Gasteiger partial charge is 0.0628 e. The highest BCUT2D eigenvalue weighted by atomic mass is 32.2. The van der Waals surface area contributed by atoms with Crippen LogP contribution in [0.4, 0.5) is 0 Å². The highest BCUT2D eigenvalue weighted by Gasteiger charge is 2.19. The second-order valence-corrected chi connectivity index (χ2v) is 4.78. The van der Waals surface area contributed by atoms with Crippen molar-refractivity contribution in [2.24, 2.45) is 5.73 Å². The number of aliphatic hydroxyl groups is 2. The average Bonchev–Trinajstić information content (AvgIpc) is 1.98. The van der Waals surface area contributed by atoms with E-state index in [9.17, 15) is 5.11 Å². The zero-order chi connectivity index (χ0) is 9.72. The lowest BCUT2D eigenvalue weighted by Crippen LogP contribution is -2.34. The van der Waals surface area contributed by atoms with Crippen molar-refractivity contribution < 1.29 is 10.2 Å². The van der Waals surface area contributed by atoms with Crippen molar-refractivity contribution in [1.82, 2.24) is 0 Å². The van der Waals surface area contributed by atoms with Gasteiger partial charge in [-0.15, -0.1) is 11.8 Å². The normalized spacial score (nSPS) is 21.5. The first-order valence-electron chi connectivity index (χ1n) is 4.19. The summed E-state index contributed by atoms with van der Waals surface area (Å²) in [7, 11) is 0. The van der Waals surface area contributed by atoms with Gasteiger partial charge in [-0.25, -0.2) is 0 Å². The minimum absolute atomic E-state index is 0.0228. The van der Waals surface area contributed by atoms with Crippen molar-refractivity contribution in [3.8, 4) is 0 Å². The maximum absolute atomic E-state index is 9.20. The molecule has 0 saturated carbocycles. The molecule has 0 aliphatic heterocycles. The Hall–Kier alpha value is 0.230. The largest absolute Gasteiger partial charge is 0.395 e. The molecule has 0 bridgehead atoms. The second-order valence-electron chi connectivity index (χ2n) is 3.16. The Balaban J connectivity index is 3.85. The van der Waals surface area contributed by atoms with E-state index in [-0.39, 0.29) is 29.3 Å². The van der Waals surface area contributed by atoms with E-state index in [1.165, 1.54) is 11.8 Å². The van der Waals surface area contributed by atoms with Crippen LogP contribution in [0.2, 0.25) is 0 Å². The fourth-order valence-corrected chi connectivity index (χ4v) is 1.84. The summed E-state index contributed by atoms with van der Waals surface area (Å²) in [5.41, 5.74) is 5.63. The summed E-state index contributed by atoms with van der Waals surface area (Å²) in [4.78, 5) is 0. The molecular weight excluding hydrogens is 174 g/mol. The van der Waals surface area contributed by atoms with E-state index in [2.05, 4.69) is 0 Å². The Morgan fingerprint density at radius 3 is 2.08 bits per heavy atom. The van der Waals surface area contributed by atoms with Crippen LogP contribution in [-0.4, -0.2) is 39.5 Å². The minimum Gasteiger partial charge on any atom is -0.395 e. The Bertz CT molecular complexity index is 120. The number of thioether (sulfide) groups is 1. The van der Waals surface area contributed by atoms with Crippen LogP contribution in [0.3, 0.4) is 0 Å². The quantitative estimate of drug-likeness (QED) is 0.583. The van der Waals surface area contributed by atoms with Gasteiger partial charge >= 0.3 is 0 Å². The lowest BCUT2D eigenvalue weighted by atomic mass is 10.2. The summed E-state index contributed by atoms with van der Waals surface area (Å²) in [6.45, 7) is 5.61. The standard InChI is InChI=1S/C8H19NO2S/c1-5(9)8(4-10)12-7(3)6(2)11/h5-8,10-11H,4,9H2,1-3H3. The van der Waals surface area contributed by atoms with Gasteiger partial charge in [0.2, 0.25) is 0 Å². The van der Waals surface area contributed by atoms with Crippen molar-refractivity contribution in [3.05, 3.63) is 0 Å². The monoisotopic (exact) mass is 193 g/mol. The number of hydrogen-bond acceptors (Lipinski definition) is 4. The minimum atomic E-state index is -0.359. The first-order chi connectivity index (χ1) is 5.49. The van der Waals surface area contributed by atoms with E-state index in [1.54, 1.807) is 6.92 Å². The lowest BCUT2D eigenvalue weighted by molar-refractivity contribution is 0.195. The Labute approximate surface area is 78.3 Å². The Morgan fingerprint density at radius 2 is 1.83 bits per heavy atom. The first kappa shape index (κ1) is 12.2. The van der Waals surface area contributed by atoms with Crippen LogP contribution in [0.1, 0.15) is 20.8 Å². The molecular formula is C8H19NO2S. The van der Waals surface area contributed by atoms with Crippen molar-refractivity contribution in [2.75, 3.05) is 6.61 Å². The molecule has 4 atom stereocenters. The van der Waals surface area contributed by atoms with Crippen LogP contribution in [0.15, 0.2) is 0 Å². The van der Waals surface area contributed by atoms with Gasteiger partial charge in [0.1, 0.15) is 0 Å². The van der Waals surface area contributed by atoms with Crippen molar-refractivity contribution in [1.29, 1.82) is 0 Å². The second kappa shape index (κ2) is 5.80. The van der Waals surface area contributed by atoms with Gasteiger partial charge in [-0.3, -0.25) is 0 Å². The molecule has 0 aromatic rings. The van der Waals surface area contributed by atoms with Crippen molar-refractivity contribution >= 4 is 11.8 Å². The van der Waals surface area contributed by atoms with E-state index < -0.39 is 0 Å². The van der Waals surface area contributed by atoms with Crippen LogP contribution < -0.4 is 5.73 Å². The third-order valence-electron chi connectivity index (χ3n) is 1.84. The van der Waals surface area contributed by atoms with Gasteiger partial charge in [0.15, 0.2) is 0 Å². The summed E-state index contributed by atoms with van der Waals surface area (Å²) in [5.74, 6) is 0. The van der Waals surface area contributed by atoms with Crippen LogP contribution in [0, 0.1) is 0 Å². The van der Waals surface area contributed by atoms with Gasteiger partial charge in [-0.2, -0.15) is 0 Å². The molecule has 0 aromatic heterocycles. The molecule has 0 saturated heterocycles. The van der Waals surface area contributed by atoms with E-state index in [4.69, 9.17) is 10.8 Å². The molecule has 0 radical (unpaired) electrons. The average molecular weight is 193 g/mol. The predicted molar refractivity (Wildman–Crippen MR) is 53.3 cm³/mol. The van der Waals surface area contributed by atoms with Gasteiger partial charge in [-0.05, 0) is 13.8 Å². The summed E-state index contributed by atoms with van der Waals surface area (Å²) < 4.78 is 0. The SMILES string of the molecule is CC(N)C(CO)SC(C)C(C)O. The molecule has 0 rings (SSSR count). The third kappa shape index (κ3) is 4.30. The van der Waals surface area contributed by atoms with E-state index >= 15 is 0 Å². The zero-order valence-electron chi connectivity index (χ0n) is 7.90. The molecule has 0 aromatic carbocycles. The number of rotatable bonds is 5. The Morgan fingerprint density at radius 1 is 1.33 bits per heavy atom. The van der Waals surface area contributed by atoms with Gasteiger partial charge in [0.25, 0.3) is 0 Å². The Kier molecular flexibility index (Phi) is 5.92. The molecule has 4 heteroatoms. The first-order valence-corrected chi connectivity index (χ1v) is 5.13. The molecule has 4 unspecified atom stereocenters. The van der Waals surface area contributed by atoms with Crippen LogP contribution in [-0.2, 0) is 0 Å². The number of hydrogen-bond donors (Lipinski definition) is 3. The fourth-order valence-electron chi connectivity index (χ4n) is 0.723. The predicted octanol–water partition coefficient (Wildman–Crippen LogP) is 0.197. The van der Waals surface area contributed by atoms with E-state index in [1.807, 2.05) is 13.8 Å². The molecule has 4 N–H and O–H groups in total. The molecule has 0 fully saturated rings. The van der Waals surface area contributed by atoms with Gasteiger partial charge in [0.05, 0.1) is 12.7 Å². The van der Waals surface area contributed by atoms with Crippen LogP contribution in [0.5, 0.6) is 0 Å². The van der Waals surface area contributed by atoms with Gasteiger partial charge in [-0.1, -0.05) is 6.92 Å². The van der Waals surface area contributed by atoms with E-state index in [0.29, 0.717) is 0 Å². The van der Waals surface area contributed by atoms with E-state index in [0.717, 1.165) is 0 Å². The molecule has 0 heterocycles. The summed E-state index contributed by atoms with van der Waals surface area (Å²) >= 11 is 1.54. The number of aliphatic hydroxyl groups excluding tert-OH is 2. The van der Waals surface area contributed by atoms with Crippen LogP contribution in [0.25, 0.3) is 0 Å². The highest BCUT2D eigenvalue weighted by molar-refractivity contribution is 8.00. The molecule has 74 valence electrons. The van der Waals surface area contributed by atoms with Gasteiger partial charge in [0, 0.05) is 16.5 Å². The summed E-state index contributed by atoms with van der Waals surface area (Å²) in [6.07, 6.45) is -0.359. The number of nitrogens with two attached hydrogens (primary N) is 1. The fraction of sp³-hybridized carbons (Fsp3) is 1.00.